The lowest BCUT2D eigenvalue weighted by molar-refractivity contribution is 0.166. The predicted octanol–water partition coefficient (Wildman–Crippen LogP) is 6.44. The molecule has 1 aromatic rings. The topological polar surface area (TPSA) is 0 Å². The minimum Gasteiger partial charge on any atom is -0.126 e. The van der Waals surface area contributed by atoms with Crippen LogP contribution in [0, 0.1) is 14.9 Å². The Morgan fingerprint density at radius 2 is 1.85 bits per heavy atom. The number of hydrogen-bond donors (Lipinski definition) is 0. The SMILES string of the molecule is CCCCC1CCC(CCl)(Cc2ccc(I)cc2)CC1. The van der Waals surface area contributed by atoms with E-state index in [2.05, 4.69) is 53.8 Å². The van der Waals surface area contributed by atoms with E-state index in [-0.39, 0.29) is 0 Å². The second kappa shape index (κ2) is 8.03. The Bertz CT molecular complexity index is 390. The van der Waals surface area contributed by atoms with Gasteiger partial charge in [0.2, 0.25) is 0 Å². The quantitative estimate of drug-likeness (QED) is 0.378. The summed E-state index contributed by atoms with van der Waals surface area (Å²) in [5, 5.41) is 0. The maximum atomic E-state index is 6.37. The van der Waals surface area contributed by atoms with Gasteiger partial charge in [-0.15, -0.1) is 11.6 Å². The van der Waals surface area contributed by atoms with Gasteiger partial charge >= 0.3 is 0 Å². The molecule has 2 rings (SSSR count). The van der Waals surface area contributed by atoms with E-state index in [1.54, 1.807) is 0 Å². The van der Waals surface area contributed by atoms with Gasteiger partial charge in [-0.2, -0.15) is 0 Å². The van der Waals surface area contributed by atoms with E-state index >= 15 is 0 Å². The van der Waals surface area contributed by atoms with E-state index < -0.39 is 0 Å². The summed E-state index contributed by atoms with van der Waals surface area (Å²) in [5.41, 5.74) is 1.81. The van der Waals surface area contributed by atoms with Crippen LogP contribution < -0.4 is 0 Å². The highest BCUT2D eigenvalue weighted by molar-refractivity contribution is 14.1. The van der Waals surface area contributed by atoms with Crippen molar-refractivity contribution in [3.05, 3.63) is 33.4 Å². The summed E-state index contributed by atoms with van der Waals surface area (Å²) in [6.45, 7) is 2.29. The van der Waals surface area contributed by atoms with Gasteiger partial charge in [-0.05, 0) is 83.7 Å². The molecule has 20 heavy (non-hydrogen) atoms. The summed E-state index contributed by atoms with van der Waals surface area (Å²) >= 11 is 8.74. The molecule has 2 heteroatoms. The molecule has 0 saturated heterocycles. The van der Waals surface area contributed by atoms with Crippen molar-refractivity contribution in [1.82, 2.24) is 0 Å². The largest absolute Gasteiger partial charge is 0.126 e. The number of rotatable bonds is 6. The van der Waals surface area contributed by atoms with Gasteiger partial charge in [0.15, 0.2) is 0 Å². The summed E-state index contributed by atoms with van der Waals surface area (Å²) in [5.74, 6) is 1.78. The third-order valence-corrected chi connectivity index (χ3v) is 6.19. The minimum absolute atomic E-state index is 0.358. The Morgan fingerprint density at radius 1 is 1.20 bits per heavy atom. The predicted molar refractivity (Wildman–Crippen MR) is 97.5 cm³/mol. The highest BCUT2D eigenvalue weighted by Gasteiger charge is 2.34. The first-order chi connectivity index (χ1) is 9.67. The molecule has 0 N–H and O–H groups in total. The second-order valence-electron chi connectivity index (χ2n) is 6.52. The average molecular weight is 405 g/mol. The van der Waals surface area contributed by atoms with Gasteiger partial charge in [0, 0.05) is 9.45 Å². The summed E-state index contributed by atoms with van der Waals surface area (Å²) in [4.78, 5) is 0. The molecule has 1 aliphatic carbocycles. The Hall–Kier alpha value is 0.240. The first-order valence-corrected chi connectivity index (χ1v) is 9.59. The lowest BCUT2D eigenvalue weighted by Crippen LogP contribution is -2.31. The molecule has 0 spiro atoms. The van der Waals surface area contributed by atoms with E-state index in [0.717, 1.165) is 18.2 Å². The maximum Gasteiger partial charge on any atom is 0.0283 e. The zero-order valence-electron chi connectivity index (χ0n) is 12.5. The Labute approximate surface area is 142 Å². The van der Waals surface area contributed by atoms with Crippen molar-refractivity contribution in [2.75, 3.05) is 5.88 Å². The van der Waals surface area contributed by atoms with Gasteiger partial charge in [0.1, 0.15) is 0 Å². The maximum absolute atomic E-state index is 6.37. The van der Waals surface area contributed by atoms with Crippen molar-refractivity contribution in [1.29, 1.82) is 0 Å². The van der Waals surface area contributed by atoms with Crippen molar-refractivity contribution in [2.24, 2.45) is 11.3 Å². The van der Waals surface area contributed by atoms with Crippen LogP contribution in [0.2, 0.25) is 0 Å². The molecule has 1 aromatic carbocycles. The minimum atomic E-state index is 0.358. The van der Waals surface area contributed by atoms with Crippen LogP contribution in [0.4, 0.5) is 0 Å². The van der Waals surface area contributed by atoms with Gasteiger partial charge in [-0.25, -0.2) is 0 Å². The normalized spacial score (nSPS) is 26.6. The Morgan fingerprint density at radius 3 is 2.40 bits per heavy atom. The van der Waals surface area contributed by atoms with E-state index in [4.69, 9.17) is 11.6 Å². The van der Waals surface area contributed by atoms with Gasteiger partial charge in [-0.3, -0.25) is 0 Å². The monoisotopic (exact) mass is 404 g/mol. The van der Waals surface area contributed by atoms with E-state index in [0.29, 0.717) is 5.41 Å². The molecule has 0 atom stereocenters. The summed E-state index contributed by atoms with van der Waals surface area (Å²) < 4.78 is 1.31. The summed E-state index contributed by atoms with van der Waals surface area (Å²) in [6.07, 6.45) is 10.7. The number of hydrogen-bond acceptors (Lipinski definition) is 0. The van der Waals surface area contributed by atoms with Crippen LogP contribution >= 0.6 is 34.2 Å². The van der Waals surface area contributed by atoms with Gasteiger partial charge in [-0.1, -0.05) is 38.3 Å². The van der Waals surface area contributed by atoms with Gasteiger partial charge < -0.3 is 0 Å². The molecule has 0 unspecified atom stereocenters. The third-order valence-electron chi connectivity index (χ3n) is 4.91. The second-order valence-corrected chi connectivity index (χ2v) is 8.04. The molecule has 1 aliphatic rings. The number of halogens is 2. The molecular weight excluding hydrogens is 379 g/mol. The van der Waals surface area contributed by atoms with E-state index in [1.807, 2.05) is 0 Å². The van der Waals surface area contributed by atoms with Crippen LogP contribution in [-0.2, 0) is 6.42 Å². The molecule has 0 aliphatic heterocycles. The van der Waals surface area contributed by atoms with Crippen LogP contribution in [0.1, 0.15) is 57.4 Å². The zero-order valence-corrected chi connectivity index (χ0v) is 15.4. The lowest BCUT2D eigenvalue weighted by Gasteiger charge is -2.39. The van der Waals surface area contributed by atoms with Crippen molar-refractivity contribution >= 4 is 34.2 Å². The van der Waals surface area contributed by atoms with Crippen LogP contribution in [-0.4, -0.2) is 5.88 Å². The fourth-order valence-corrected chi connectivity index (χ4v) is 4.19. The molecular formula is C18H26ClI. The zero-order chi connectivity index (χ0) is 14.4. The third kappa shape index (κ3) is 4.62. The molecule has 0 radical (unpaired) electrons. The molecule has 0 bridgehead atoms. The first kappa shape index (κ1) is 16.6. The standard InChI is InChI=1S/C18H26ClI/c1-2-3-4-15-9-11-18(14-19,12-10-15)13-16-5-7-17(20)8-6-16/h5-8,15H,2-4,9-14H2,1H3. The van der Waals surface area contributed by atoms with Crippen LogP contribution in [0.25, 0.3) is 0 Å². The molecule has 1 fully saturated rings. The highest BCUT2D eigenvalue weighted by Crippen LogP contribution is 2.43. The Balaban J connectivity index is 1.92. The smallest absolute Gasteiger partial charge is 0.0283 e. The van der Waals surface area contributed by atoms with Crippen LogP contribution in [0.15, 0.2) is 24.3 Å². The molecule has 0 nitrogen and oxygen atoms in total. The van der Waals surface area contributed by atoms with Crippen molar-refractivity contribution in [2.45, 2.75) is 58.3 Å². The Kier molecular flexibility index (Phi) is 6.67. The van der Waals surface area contributed by atoms with E-state index in [9.17, 15) is 0 Å². The molecule has 0 aromatic heterocycles. The van der Waals surface area contributed by atoms with Crippen LogP contribution in [0.5, 0.6) is 0 Å². The van der Waals surface area contributed by atoms with Gasteiger partial charge in [0.25, 0.3) is 0 Å². The highest BCUT2D eigenvalue weighted by atomic mass is 127. The molecule has 0 amide bonds. The lowest BCUT2D eigenvalue weighted by atomic mass is 9.68. The first-order valence-electron chi connectivity index (χ1n) is 7.98. The summed E-state index contributed by atoms with van der Waals surface area (Å²) in [7, 11) is 0. The van der Waals surface area contributed by atoms with Crippen molar-refractivity contribution in [3.8, 4) is 0 Å². The fourth-order valence-electron chi connectivity index (χ4n) is 3.46. The van der Waals surface area contributed by atoms with E-state index in [1.165, 1.54) is 54.1 Å². The number of benzene rings is 1. The van der Waals surface area contributed by atoms with Crippen molar-refractivity contribution in [3.63, 3.8) is 0 Å². The van der Waals surface area contributed by atoms with Gasteiger partial charge in [0.05, 0.1) is 0 Å². The molecule has 0 heterocycles. The van der Waals surface area contributed by atoms with Crippen molar-refractivity contribution < 1.29 is 0 Å². The average Bonchev–Trinajstić information content (AvgIpc) is 2.49. The fraction of sp³-hybridized carbons (Fsp3) is 0.667. The molecule has 112 valence electrons. The summed E-state index contributed by atoms with van der Waals surface area (Å²) in [6, 6.07) is 8.98. The number of unbranched alkanes of at least 4 members (excludes halogenated alkanes) is 1. The molecule has 1 saturated carbocycles. The number of alkyl halides is 1. The van der Waals surface area contributed by atoms with Crippen LogP contribution in [0.3, 0.4) is 0 Å².